The van der Waals surface area contributed by atoms with Gasteiger partial charge in [0, 0.05) is 24.2 Å². The van der Waals surface area contributed by atoms with Crippen molar-refractivity contribution >= 4 is 23.0 Å². The Morgan fingerprint density at radius 2 is 1.77 bits per heavy atom. The average Bonchev–Trinajstić information content (AvgIpc) is 3.33. The van der Waals surface area contributed by atoms with Gasteiger partial charge in [0.1, 0.15) is 6.33 Å². The topological polar surface area (TPSA) is 46.3 Å². The van der Waals surface area contributed by atoms with Gasteiger partial charge in [-0.2, -0.15) is 13.2 Å². The van der Waals surface area contributed by atoms with E-state index in [-0.39, 0.29) is 5.92 Å². The number of alkyl halides is 3. The number of fused-ring (bicyclic) bond motifs is 3. The van der Waals surface area contributed by atoms with Gasteiger partial charge in [0.05, 0.1) is 17.0 Å². The van der Waals surface area contributed by atoms with E-state index in [0.717, 1.165) is 60.6 Å². The van der Waals surface area contributed by atoms with Gasteiger partial charge in [0.15, 0.2) is 5.82 Å². The summed E-state index contributed by atoms with van der Waals surface area (Å²) in [6.07, 6.45) is 0.958. The van der Waals surface area contributed by atoms with E-state index in [2.05, 4.69) is 19.9 Å². The van der Waals surface area contributed by atoms with Gasteiger partial charge in [-0.1, -0.05) is 12.1 Å². The number of benzene rings is 1. The van der Waals surface area contributed by atoms with Gasteiger partial charge in [0.25, 0.3) is 0 Å². The summed E-state index contributed by atoms with van der Waals surface area (Å²) in [6, 6.07) is 7.37. The molecule has 1 aromatic rings. The van der Waals surface area contributed by atoms with Crippen LogP contribution >= 0.6 is 12.2 Å². The Kier molecular flexibility index (Phi) is 4.67. The summed E-state index contributed by atoms with van der Waals surface area (Å²) in [6.45, 7) is 2.35. The minimum absolute atomic E-state index is 0.279. The van der Waals surface area contributed by atoms with Crippen LogP contribution in [0.25, 0.3) is 11.4 Å². The molecule has 1 aromatic carbocycles. The standard InChI is InChI=1S/C21H18F3N5S/c22-21(23,24)15-3-1-13(2-4-15)11-28-9-6-14(7-10-28)17-18-16-5-8-25-19(16)26-12-29(18)20(30)27-17/h1-5,8,12,14H,6-7,9-11H2. The van der Waals surface area contributed by atoms with E-state index in [0.29, 0.717) is 17.5 Å². The van der Waals surface area contributed by atoms with E-state index in [1.165, 1.54) is 0 Å². The van der Waals surface area contributed by atoms with Crippen LogP contribution in [-0.4, -0.2) is 43.3 Å². The first-order valence-corrected chi connectivity index (χ1v) is 10.1. The third-order valence-corrected chi connectivity index (χ3v) is 6.08. The SMILES string of the molecule is FC(F)(F)c1ccc(CN2CCC(C3=NC(=S)n4cnc5nccc-5c43)CC2)cc1. The van der Waals surface area contributed by atoms with E-state index >= 15 is 0 Å². The van der Waals surface area contributed by atoms with Crippen molar-refractivity contribution in [2.24, 2.45) is 10.9 Å². The van der Waals surface area contributed by atoms with E-state index in [9.17, 15) is 13.2 Å². The zero-order chi connectivity index (χ0) is 20.9. The van der Waals surface area contributed by atoms with Crippen molar-refractivity contribution in [2.45, 2.75) is 25.6 Å². The molecule has 5 nitrogen and oxygen atoms in total. The third kappa shape index (κ3) is 3.41. The molecule has 0 N–H and O–H groups in total. The lowest BCUT2D eigenvalue weighted by atomic mass is 9.88. The molecular formula is C21H18F3N5S. The predicted molar refractivity (Wildman–Crippen MR) is 111 cm³/mol. The Bertz CT molecular complexity index is 1090. The van der Waals surface area contributed by atoms with E-state index < -0.39 is 11.7 Å². The molecule has 30 heavy (non-hydrogen) atoms. The molecule has 0 radical (unpaired) electrons. The molecule has 0 saturated carbocycles. The fraction of sp³-hybridized carbons (Fsp3) is 0.333. The first kappa shape index (κ1) is 19.3. The van der Waals surface area contributed by atoms with Crippen molar-refractivity contribution in [2.75, 3.05) is 13.1 Å². The van der Waals surface area contributed by atoms with Crippen LogP contribution in [0, 0.1) is 5.92 Å². The molecule has 154 valence electrons. The largest absolute Gasteiger partial charge is 0.416 e. The second kappa shape index (κ2) is 7.24. The fourth-order valence-corrected chi connectivity index (χ4v) is 4.47. The monoisotopic (exact) mass is 429 g/mol. The summed E-state index contributed by atoms with van der Waals surface area (Å²) < 4.78 is 40.1. The quantitative estimate of drug-likeness (QED) is 0.584. The molecule has 0 bridgehead atoms. The van der Waals surface area contributed by atoms with Gasteiger partial charge < -0.3 is 0 Å². The number of hydrogen-bond acceptors (Lipinski definition) is 4. The van der Waals surface area contributed by atoms with Crippen LogP contribution in [0.15, 0.2) is 47.8 Å². The van der Waals surface area contributed by atoms with Gasteiger partial charge in [-0.3, -0.25) is 9.47 Å². The van der Waals surface area contributed by atoms with Crippen LogP contribution < -0.4 is 0 Å². The maximum Gasteiger partial charge on any atom is 0.416 e. The minimum Gasteiger partial charge on any atom is -0.299 e. The second-order valence-electron chi connectivity index (χ2n) is 7.67. The van der Waals surface area contributed by atoms with Crippen LogP contribution in [0.4, 0.5) is 13.2 Å². The van der Waals surface area contributed by atoms with Gasteiger partial charge in [-0.25, -0.2) is 15.0 Å². The molecule has 0 unspecified atom stereocenters. The zero-order valence-corrected chi connectivity index (χ0v) is 16.7. The third-order valence-electron chi connectivity index (χ3n) is 5.80. The summed E-state index contributed by atoms with van der Waals surface area (Å²) in [7, 11) is 0. The molecule has 0 aromatic heterocycles. The predicted octanol–water partition coefficient (Wildman–Crippen LogP) is 4.25. The molecule has 9 heteroatoms. The number of piperidine rings is 1. The summed E-state index contributed by atoms with van der Waals surface area (Å²) in [5, 5.41) is 0.503. The number of halogens is 3. The van der Waals surface area contributed by atoms with Crippen LogP contribution in [0.2, 0.25) is 0 Å². The Hall–Kier alpha value is -2.65. The first-order valence-electron chi connectivity index (χ1n) is 9.74. The fourth-order valence-electron chi connectivity index (χ4n) is 4.24. The van der Waals surface area contributed by atoms with Gasteiger partial charge in [-0.15, -0.1) is 0 Å². The molecule has 0 spiro atoms. The van der Waals surface area contributed by atoms with Crippen molar-refractivity contribution in [3.05, 3.63) is 59.7 Å². The number of rotatable bonds is 3. The van der Waals surface area contributed by atoms with Crippen LogP contribution in [0.3, 0.4) is 0 Å². The maximum atomic E-state index is 12.7. The average molecular weight is 429 g/mol. The number of likely N-dealkylation sites (tertiary alicyclic amines) is 1. The number of aromatic nitrogens is 3. The molecular weight excluding hydrogens is 411 g/mol. The highest BCUT2D eigenvalue weighted by Gasteiger charge is 2.33. The second-order valence-corrected chi connectivity index (χ2v) is 8.04. The molecule has 0 atom stereocenters. The Morgan fingerprint density at radius 1 is 1.03 bits per heavy atom. The van der Waals surface area contributed by atoms with Gasteiger partial charge in [-0.05, 0) is 61.9 Å². The molecule has 4 aliphatic heterocycles. The number of hydrogen-bond donors (Lipinski definition) is 0. The molecule has 0 aliphatic carbocycles. The highest BCUT2D eigenvalue weighted by Crippen LogP contribution is 2.33. The highest BCUT2D eigenvalue weighted by atomic mass is 32.1. The molecule has 4 aliphatic rings. The summed E-state index contributed by atoms with van der Waals surface area (Å²) in [5.41, 5.74) is 3.22. The summed E-state index contributed by atoms with van der Waals surface area (Å²) >= 11 is 5.43. The molecule has 0 amide bonds. The Morgan fingerprint density at radius 3 is 2.47 bits per heavy atom. The molecule has 1 saturated heterocycles. The smallest absolute Gasteiger partial charge is 0.299 e. The zero-order valence-electron chi connectivity index (χ0n) is 15.9. The van der Waals surface area contributed by atoms with Crippen LogP contribution in [0.5, 0.6) is 0 Å². The normalized spacial score (nSPS) is 18.1. The van der Waals surface area contributed by atoms with Gasteiger partial charge in [0.2, 0.25) is 5.11 Å². The van der Waals surface area contributed by atoms with Crippen molar-refractivity contribution in [3.63, 3.8) is 0 Å². The van der Waals surface area contributed by atoms with Crippen molar-refractivity contribution in [1.29, 1.82) is 0 Å². The molecule has 4 heterocycles. The Labute approximate surface area is 176 Å². The van der Waals surface area contributed by atoms with Gasteiger partial charge >= 0.3 is 6.18 Å². The van der Waals surface area contributed by atoms with E-state index in [4.69, 9.17) is 12.2 Å². The van der Waals surface area contributed by atoms with Crippen molar-refractivity contribution in [3.8, 4) is 11.4 Å². The number of aliphatic imine (C=N–C) groups is 1. The van der Waals surface area contributed by atoms with Crippen LogP contribution in [-0.2, 0) is 12.7 Å². The minimum atomic E-state index is -4.30. The lowest BCUT2D eigenvalue weighted by Crippen LogP contribution is -2.36. The summed E-state index contributed by atoms with van der Waals surface area (Å²) in [4.78, 5) is 15.6. The highest BCUT2D eigenvalue weighted by molar-refractivity contribution is 7.80. The Balaban J connectivity index is 1.27. The van der Waals surface area contributed by atoms with Crippen LogP contribution in [0.1, 0.15) is 29.7 Å². The lowest BCUT2D eigenvalue weighted by Gasteiger charge is -2.32. The van der Waals surface area contributed by atoms with Crippen molar-refractivity contribution in [1.82, 2.24) is 19.4 Å². The first-order chi connectivity index (χ1) is 14.4. The molecule has 1 fully saturated rings. The molecule has 5 rings (SSSR count). The van der Waals surface area contributed by atoms with E-state index in [1.54, 1.807) is 24.7 Å². The maximum absolute atomic E-state index is 12.7. The number of nitrogens with zero attached hydrogens (tertiary/aromatic N) is 5. The summed E-state index contributed by atoms with van der Waals surface area (Å²) in [5.74, 6) is 0.972. The number of thiocarbonyl (C=S) groups is 1. The lowest BCUT2D eigenvalue weighted by molar-refractivity contribution is -0.137. The van der Waals surface area contributed by atoms with Crippen molar-refractivity contribution < 1.29 is 13.2 Å². The van der Waals surface area contributed by atoms with E-state index in [1.807, 2.05) is 10.6 Å².